The molecule has 1 aromatic carbocycles. The largest absolute Gasteiger partial charge is 0.264 e. The fourth-order valence-electron chi connectivity index (χ4n) is 1.47. The summed E-state index contributed by atoms with van der Waals surface area (Å²) in [6, 6.07) is 5.67. The third-order valence-corrected chi connectivity index (χ3v) is 3.86. The average Bonchev–Trinajstić information content (AvgIpc) is 2.72. The summed E-state index contributed by atoms with van der Waals surface area (Å²) in [5.41, 5.74) is 1.14. The maximum absolute atomic E-state index is 12.8. The Morgan fingerprint density at radius 3 is 2.53 bits per heavy atom. The van der Waals surface area contributed by atoms with Crippen molar-refractivity contribution in [2.75, 3.05) is 10.5 Å². The molecule has 2 aromatic rings. The molecule has 1 aromatic heterocycles. The van der Waals surface area contributed by atoms with Gasteiger partial charge in [-0.1, -0.05) is 5.21 Å². The van der Waals surface area contributed by atoms with Crippen molar-refractivity contribution in [1.29, 1.82) is 0 Å². The maximum Gasteiger partial charge on any atom is 0.233 e. The first-order chi connectivity index (χ1) is 8.93. The van der Waals surface area contributed by atoms with E-state index in [1.54, 1.807) is 6.92 Å². The zero-order chi connectivity index (χ0) is 14.0. The van der Waals surface area contributed by atoms with E-state index in [9.17, 15) is 12.8 Å². The summed E-state index contributed by atoms with van der Waals surface area (Å²) in [5.74, 6) is -0.227. The molecule has 0 atom stereocenters. The van der Waals surface area contributed by atoms with Crippen molar-refractivity contribution < 1.29 is 12.8 Å². The van der Waals surface area contributed by atoms with E-state index in [-0.39, 0.29) is 17.4 Å². The fourth-order valence-corrected chi connectivity index (χ4v) is 2.10. The second-order valence-electron chi connectivity index (χ2n) is 3.92. The van der Waals surface area contributed by atoms with E-state index >= 15 is 0 Å². The van der Waals surface area contributed by atoms with Gasteiger partial charge in [0, 0.05) is 0 Å². The van der Waals surface area contributed by atoms with Crippen LogP contribution in [0.1, 0.15) is 12.6 Å². The van der Waals surface area contributed by atoms with Gasteiger partial charge in [-0.15, -0.1) is 5.10 Å². The van der Waals surface area contributed by atoms with Gasteiger partial charge in [0.15, 0.2) is 5.82 Å². The summed E-state index contributed by atoms with van der Waals surface area (Å²) in [6.45, 7) is 3.21. The summed E-state index contributed by atoms with van der Waals surface area (Å²) in [5, 5.41) is 7.63. The van der Waals surface area contributed by atoms with E-state index < -0.39 is 10.0 Å². The van der Waals surface area contributed by atoms with E-state index in [2.05, 4.69) is 15.0 Å². The first kappa shape index (κ1) is 13.5. The quantitative estimate of drug-likeness (QED) is 0.922. The molecule has 8 heteroatoms. The van der Waals surface area contributed by atoms with E-state index in [1.807, 2.05) is 0 Å². The summed E-state index contributed by atoms with van der Waals surface area (Å²) >= 11 is 0. The Balaban J connectivity index is 2.36. The Labute approximate surface area is 110 Å². The Morgan fingerprint density at radius 1 is 1.32 bits per heavy atom. The highest BCUT2D eigenvalue weighted by atomic mass is 32.2. The first-order valence-corrected chi connectivity index (χ1v) is 7.27. The number of halogens is 1. The number of rotatable bonds is 4. The first-order valence-electron chi connectivity index (χ1n) is 5.61. The van der Waals surface area contributed by atoms with Gasteiger partial charge >= 0.3 is 0 Å². The lowest BCUT2D eigenvalue weighted by Crippen LogP contribution is -2.15. The molecule has 0 radical (unpaired) electrons. The van der Waals surface area contributed by atoms with Crippen molar-refractivity contribution in [2.24, 2.45) is 0 Å². The maximum atomic E-state index is 12.8. The summed E-state index contributed by atoms with van der Waals surface area (Å²) < 4.78 is 39.6. The van der Waals surface area contributed by atoms with Gasteiger partial charge in [0.2, 0.25) is 10.0 Å². The predicted molar refractivity (Wildman–Crippen MR) is 69.1 cm³/mol. The highest BCUT2D eigenvalue weighted by Crippen LogP contribution is 2.17. The van der Waals surface area contributed by atoms with E-state index in [0.29, 0.717) is 11.4 Å². The molecule has 0 saturated carbocycles. The zero-order valence-electron chi connectivity index (χ0n) is 10.5. The molecular formula is C11H13FN4O2S. The molecule has 0 aliphatic heterocycles. The Morgan fingerprint density at radius 2 is 1.95 bits per heavy atom. The number of nitrogens with zero attached hydrogens (tertiary/aromatic N) is 3. The van der Waals surface area contributed by atoms with Crippen LogP contribution in [-0.2, 0) is 10.0 Å². The topological polar surface area (TPSA) is 76.9 Å². The van der Waals surface area contributed by atoms with Crippen LogP contribution in [0.2, 0.25) is 0 Å². The van der Waals surface area contributed by atoms with Gasteiger partial charge in [-0.3, -0.25) is 4.72 Å². The monoisotopic (exact) mass is 284 g/mol. The molecule has 6 nitrogen and oxygen atoms in total. The number of hydrogen-bond acceptors (Lipinski definition) is 4. The molecule has 0 spiro atoms. The van der Waals surface area contributed by atoms with Crippen LogP contribution in [0.3, 0.4) is 0 Å². The van der Waals surface area contributed by atoms with Crippen LogP contribution in [0, 0.1) is 12.7 Å². The van der Waals surface area contributed by atoms with Gasteiger partial charge in [-0.2, -0.15) is 0 Å². The minimum atomic E-state index is -3.40. The van der Waals surface area contributed by atoms with Gasteiger partial charge < -0.3 is 0 Å². The molecule has 2 rings (SSSR count). The molecular weight excluding hydrogens is 271 g/mol. The minimum Gasteiger partial charge on any atom is -0.264 e. The molecule has 19 heavy (non-hydrogen) atoms. The predicted octanol–water partition coefficient (Wildman–Crippen LogP) is 1.48. The van der Waals surface area contributed by atoms with Crippen molar-refractivity contribution in [3.8, 4) is 5.69 Å². The molecule has 1 heterocycles. The number of benzene rings is 1. The molecule has 0 bridgehead atoms. The van der Waals surface area contributed by atoms with Gasteiger partial charge in [0.05, 0.1) is 17.1 Å². The fraction of sp³-hybridized carbons (Fsp3) is 0.273. The van der Waals surface area contributed by atoms with Crippen LogP contribution in [0.15, 0.2) is 24.3 Å². The molecule has 0 aliphatic carbocycles. The zero-order valence-corrected chi connectivity index (χ0v) is 11.3. The molecule has 0 aliphatic rings. The summed E-state index contributed by atoms with van der Waals surface area (Å²) in [6.07, 6.45) is 0. The van der Waals surface area contributed by atoms with E-state index in [0.717, 1.165) is 0 Å². The third-order valence-electron chi connectivity index (χ3n) is 2.60. The smallest absolute Gasteiger partial charge is 0.233 e. The molecule has 0 amide bonds. The van der Waals surface area contributed by atoms with Crippen LogP contribution < -0.4 is 4.72 Å². The van der Waals surface area contributed by atoms with Crippen LogP contribution in [0.25, 0.3) is 5.69 Å². The molecule has 0 saturated heterocycles. The second-order valence-corrected chi connectivity index (χ2v) is 5.93. The lowest BCUT2D eigenvalue weighted by atomic mass is 10.3. The SMILES string of the molecule is CCS(=O)(=O)Nc1nnn(-c2ccc(F)cc2)c1C. The van der Waals surface area contributed by atoms with Crippen LogP contribution in [0.4, 0.5) is 10.2 Å². The number of nitrogens with one attached hydrogen (secondary N) is 1. The number of anilines is 1. The van der Waals surface area contributed by atoms with Crippen molar-refractivity contribution in [3.05, 3.63) is 35.8 Å². The van der Waals surface area contributed by atoms with Crippen LogP contribution in [0.5, 0.6) is 0 Å². The van der Waals surface area contributed by atoms with Gasteiger partial charge in [-0.25, -0.2) is 17.5 Å². The Kier molecular flexibility index (Phi) is 3.52. The van der Waals surface area contributed by atoms with Crippen molar-refractivity contribution in [3.63, 3.8) is 0 Å². The van der Waals surface area contributed by atoms with Crippen molar-refractivity contribution >= 4 is 15.8 Å². The molecule has 0 unspecified atom stereocenters. The molecule has 102 valence electrons. The van der Waals surface area contributed by atoms with Gasteiger partial charge in [0.25, 0.3) is 0 Å². The Bertz CT molecular complexity index is 679. The van der Waals surface area contributed by atoms with Gasteiger partial charge in [-0.05, 0) is 38.1 Å². The van der Waals surface area contributed by atoms with Crippen molar-refractivity contribution in [1.82, 2.24) is 15.0 Å². The summed E-state index contributed by atoms with van der Waals surface area (Å²) in [7, 11) is -3.40. The molecule has 0 fully saturated rings. The van der Waals surface area contributed by atoms with Crippen LogP contribution in [-0.4, -0.2) is 29.2 Å². The highest BCUT2D eigenvalue weighted by Gasteiger charge is 2.15. The van der Waals surface area contributed by atoms with Crippen molar-refractivity contribution in [2.45, 2.75) is 13.8 Å². The number of sulfonamides is 1. The second kappa shape index (κ2) is 4.96. The highest BCUT2D eigenvalue weighted by molar-refractivity contribution is 7.92. The normalized spacial score (nSPS) is 11.5. The standard InChI is InChI=1S/C11H13FN4O2S/c1-3-19(17,18)14-11-8(2)16(15-13-11)10-6-4-9(12)5-7-10/h4-7,14H,3H2,1-2H3. The third kappa shape index (κ3) is 2.90. The van der Waals surface area contributed by atoms with Gasteiger partial charge in [0.1, 0.15) is 5.82 Å². The summed E-state index contributed by atoms with van der Waals surface area (Å²) in [4.78, 5) is 0. The number of hydrogen-bond donors (Lipinski definition) is 1. The minimum absolute atomic E-state index is 0.0458. The van der Waals surface area contributed by atoms with E-state index in [1.165, 1.54) is 35.9 Å². The Hall–Kier alpha value is -1.96. The molecule has 1 N–H and O–H groups in total. The lowest BCUT2D eigenvalue weighted by Gasteiger charge is -2.05. The number of aromatic nitrogens is 3. The average molecular weight is 284 g/mol. The lowest BCUT2D eigenvalue weighted by molar-refractivity contribution is 0.602. The van der Waals surface area contributed by atoms with E-state index in [4.69, 9.17) is 0 Å². The van der Waals surface area contributed by atoms with Crippen LogP contribution >= 0.6 is 0 Å².